The number of benzene rings is 3. The summed E-state index contributed by atoms with van der Waals surface area (Å²) in [6.45, 7) is 0. The zero-order chi connectivity index (χ0) is 17.1. The molecule has 4 aromatic rings. The Morgan fingerprint density at radius 3 is 2.32 bits per heavy atom. The molecular formula is C21H17N3O. The number of rotatable bonds is 4. The molecule has 4 nitrogen and oxygen atoms in total. The first-order valence-corrected chi connectivity index (χ1v) is 8.06. The summed E-state index contributed by atoms with van der Waals surface area (Å²) < 4.78 is 5.43. The van der Waals surface area contributed by atoms with Crippen LogP contribution in [0.25, 0.3) is 22.2 Å². The van der Waals surface area contributed by atoms with Crippen molar-refractivity contribution in [2.75, 3.05) is 12.4 Å². The summed E-state index contributed by atoms with van der Waals surface area (Å²) in [6, 6.07) is 24.0. The molecule has 0 amide bonds. The van der Waals surface area contributed by atoms with Gasteiger partial charge in [0.25, 0.3) is 0 Å². The second-order valence-electron chi connectivity index (χ2n) is 5.65. The van der Waals surface area contributed by atoms with Gasteiger partial charge in [-0.1, -0.05) is 42.5 Å². The highest BCUT2D eigenvalue weighted by atomic mass is 16.5. The fourth-order valence-electron chi connectivity index (χ4n) is 2.78. The number of hydrogen-bond acceptors (Lipinski definition) is 4. The lowest BCUT2D eigenvalue weighted by Crippen LogP contribution is -1.95. The van der Waals surface area contributed by atoms with Gasteiger partial charge in [0.1, 0.15) is 11.6 Å². The van der Waals surface area contributed by atoms with Gasteiger partial charge in [0.2, 0.25) is 0 Å². The van der Waals surface area contributed by atoms with Gasteiger partial charge in [0.15, 0.2) is 0 Å². The van der Waals surface area contributed by atoms with Crippen LogP contribution in [0.15, 0.2) is 79.0 Å². The van der Waals surface area contributed by atoms with E-state index in [9.17, 15) is 0 Å². The molecule has 1 N–H and O–H groups in total. The van der Waals surface area contributed by atoms with Crippen LogP contribution < -0.4 is 10.1 Å². The average Bonchev–Trinajstić information content (AvgIpc) is 2.68. The summed E-state index contributed by atoms with van der Waals surface area (Å²) in [7, 11) is 1.69. The zero-order valence-electron chi connectivity index (χ0n) is 13.8. The van der Waals surface area contributed by atoms with E-state index in [-0.39, 0.29) is 0 Å². The molecule has 0 aliphatic heterocycles. The molecule has 0 aliphatic rings. The topological polar surface area (TPSA) is 47.0 Å². The molecule has 122 valence electrons. The first-order valence-electron chi connectivity index (χ1n) is 8.06. The van der Waals surface area contributed by atoms with Gasteiger partial charge in [-0.25, -0.2) is 4.98 Å². The van der Waals surface area contributed by atoms with Gasteiger partial charge in [0.05, 0.1) is 24.3 Å². The third-order valence-corrected chi connectivity index (χ3v) is 4.02. The maximum atomic E-state index is 5.43. The molecule has 0 radical (unpaired) electrons. The van der Waals surface area contributed by atoms with Crippen LogP contribution >= 0.6 is 0 Å². The summed E-state index contributed by atoms with van der Waals surface area (Å²) in [5, 5.41) is 3.30. The molecule has 4 heteroatoms. The lowest BCUT2D eigenvalue weighted by Gasteiger charge is -2.10. The summed E-state index contributed by atoms with van der Waals surface area (Å²) in [6.07, 6.45) is 1.75. The Labute approximate surface area is 146 Å². The van der Waals surface area contributed by atoms with Crippen molar-refractivity contribution in [1.82, 2.24) is 9.97 Å². The van der Waals surface area contributed by atoms with Gasteiger partial charge < -0.3 is 10.1 Å². The van der Waals surface area contributed by atoms with E-state index in [1.807, 2.05) is 54.6 Å². The second kappa shape index (κ2) is 6.61. The van der Waals surface area contributed by atoms with Crippen LogP contribution in [-0.4, -0.2) is 17.1 Å². The van der Waals surface area contributed by atoms with Crippen molar-refractivity contribution in [2.45, 2.75) is 0 Å². The summed E-state index contributed by atoms with van der Waals surface area (Å²) in [4.78, 5) is 9.01. The maximum absolute atomic E-state index is 5.43. The number of hydrogen-bond donors (Lipinski definition) is 1. The summed E-state index contributed by atoms with van der Waals surface area (Å²) >= 11 is 0. The van der Waals surface area contributed by atoms with E-state index >= 15 is 0 Å². The van der Waals surface area contributed by atoms with E-state index in [2.05, 4.69) is 33.5 Å². The van der Waals surface area contributed by atoms with Gasteiger partial charge in [0, 0.05) is 11.3 Å². The number of aromatic nitrogens is 2. The Bertz CT molecular complexity index is 1010. The molecule has 4 rings (SSSR count). The van der Waals surface area contributed by atoms with Crippen LogP contribution in [0.4, 0.5) is 11.5 Å². The Morgan fingerprint density at radius 2 is 1.52 bits per heavy atom. The van der Waals surface area contributed by atoms with Crippen molar-refractivity contribution in [3.8, 4) is 16.9 Å². The largest absolute Gasteiger partial charge is 0.496 e. The van der Waals surface area contributed by atoms with E-state index in [0.717, 1.165) is 39.4 Å². The molecule has 0 bridgehead atoms. The van der Waals surface area contributed by atoms with Gasteiger partial charge in [-0.15, -0.1) is 0 Å². The maximum Gasteiger partial charge on any atom is 0.149 e. The van der Waals surface area contributed by atoms with Gasteiger partial charge >= 0.3 is 0 Å². The van der Waals surface area contributed by atoms with Crippen LogP contribution in [-0.2, 0) is 0 Å². The van der Waals surface area contributed by atoms with Crippen molar-refractivity contribution in [1.29, 1.82) is 0 Å². The zero-order valence-corrected chi connectivity index (χ0v) is 13.8. The predicted molar refractivity (Wildman–Crippen MR) is 101 cm³/mol. The molecule has 1 heterocycles. The second-order valence-corrected chi connectivity index (χ2v) is 5.65. The van der Waals surface area contributed by atoms with Crippen molar-refractivity contribution < 1.29 is 4.74 Å². The van der Waals surface area contributed by atoms with Crippen LogP contribution in [0.5, 0.6) is 5.75 Å². The third kappa shape index (κ3) is 3.15. The average molecular weight is 327 g/mol. The standard InChI is InChI=1S/C21H17N3O/c1-25-20-9-5-2-6-17(20)15-10-12-16(13-11-15)23-21-14-22-18-7-3-4-8-19(18)24-21/h2-14H,1H3,(H,23,24). The van der Waals surface area contributed by atoms with Crippen molar-refractivity contribution in [3.63, 3.8) is 0 Å². The molecule has 0 saturated heterocycles. The van der Waals surface area contributed by atoms with E-state index in [0.29, 0.717) is 0 Å². The molecule has 1 aromatic heterocycles. The minimum absolute atomic E-state index is 0.726. The number of anilines is 2. The van der Waals surface area contributed by atoms with Crippen LogP contribution in [0.3, 0.4) is 0 Å². The molecule has 0 spiro atoms. The van der Waals surface area contributed by atoms with Crippen LogP contribution in [0.1, 0.15) is 0 Å². The number of para-hydroxylation sites is 3. The van der Waals surface area contributed by atoms with Crippen molar-refractivity contribution >= 4 is 22.5 Å². The highest BCUT2D eigenvalue weighted by Crippen LogP contribution is 2.30. The van der Waals surface area contributed by atoms with E-state index in [4.69, 9.17) is 4.74 Å². The Balaban J connectivity index is 1.59. The van der Waals surface area contributed by atoms with Gasteiger partial charge in [-0.3, -0.25) is 4.98 Å². The lowest BCUT2D eigenvalue weighted by molar-refractivity contribution is 0.416. The molecule has 0 atom stereocenters. The van der Waals surface area contributed by atoms with Gasteiger partial charge in [-0.2, -0.15) is 0 Å². The fourth-order valence-corrected chi connectivity index (χ4v) is 2.78. The molecule has 0 aliphatic carbocycles. The molecule has 0 saturated carbocycles. The minimum Gasteiger partial charge on any atom is -0.496 e. The van der Waals surface area contributed by atoms with Crippen LogP contribution in [0, 0.1) is 0 Å². The third-order valence-electron chi connectivity index (χ3n) is 4.02. The first kappa shape index (κ1) is 15.1. The highest BCUT2D eigenvalue weighted by Gasteiger charge is 2.05. The fraction of sp³-hybridized carbons (Fsp3) is 0.0476. The Morgan fingerprint density at radius 1 is 0.800 bits per heavy atom. The highest BCUT2D eigenvalue weighted by molar-refractivity contribution is 5.76. The number of fused-ring (bicyclic) bond motifs is 1. The smallest absolute Gasteiger partial charge is 0.149 e. The number of nitrogens with zero attached hydrogens (tertiary/aromatic N) is 2. The molecule has 0 unspecified atom stereocenters. The van der Waals surface area contributed by atoms with Crippen molar-refractivity contribution in [2.24, 2.45) is 0 Å². The van der Waals surface area contributed by atoms with Gasteiger partial charge in [-0.05, 0) is 35.9 Å². The summed E-state index contributed by atoms with van der Waals surface area (Å²) in [5.74, 6) is 1.59. The number of ether oxygens (including phenoxy) is 1. The minimum atomic E-state index is 0.726. The predicted octanol–water partition coefficient (Wildman–Crippen LogP) is 5.05. The van der Waals surface area contributed by atoms with E-state index in [1.165, 1.54) is 0 Å². The number of methoxy groups -OCH3 is 1. The quantitative estimate of drug-likeness (QED) is 0.570. The first-order chi connectivity index (χ1) is 12.3. The molecule has 25 heavy (non-hydrogen) atoms. The molecular weight excluding hydrogens is 310 g/mol. The number of nitrogens with one attached hydrogen (secondary N) is 1. The normalized spacial score (nSPS) is 10.6. The van der Waals surface area contributed by atoms with E-state index in [1.54, 1.807) is 13.3 Å². The van der Waals surface area contributed by atoms with E-state index < -0.39 is 0 Å². The monoisotopic (exact) mass is 327 g/mol. The Kier molecular flexibility index (Phi) is 4.01. The molecule has 0 fully saturated rings. The summed E-state index contributed by atoms with van der Waals surface area (Å²) in [5.41, 5.74) is 4.90. The Hall–Kier alpha value is -3.40. The lowest BCUT2D eigenvalue weighted by atomic mass is 10.0. The van der Waals surface area contributed by atoms with Crippen molar-refractivity contribution in [3.05, 3.63) is 79.0 Å². The molecule has 3 aromatic carbocycles. The van der Waals surface area contributed by atoms with Crippen LogP contribution in [0.2, 0.25) is 0 Å². The SMILES string of the molecule is COc1ccccc1-c1ccc(Nc2cnc3ccccc3n2)cc1.